The molecule has 0 radical (unpaired) electrons. The number of anilines is 3. The van der Waals surface area contributed by atoms with Gasteiger partial charge in [-0.15, -0.1) is 0 Å². The van der Waals surface area contributed by atoms with Crippen molar-refractivity contribution in [3.63, 3.8) is 0 Å². The molecule has 1 aliphatic carbocycles. The quantitative estimate of drug-likeness (QED) is 0.574. The molecule has 9 heteroatoms. The summed E-state index contributed by atoms with van der Waals surface area (Å²) in [5, 5.41) is 6.08. The van der Waals surface area contributed by atoms with Crippen molar-refractivity contribution in [2.75, 3.05) is 17.2 Å². The first-order valence-electron chi connectivity index (χ1n) is 9.36. The van der Waals surface area contributed by atoms with E-state index in [0.717, 1.165) is 31.7 Å². The second-order valence-electron chi connectivity index (χ2n) is 6.72. The van der Waals surface area contributed by atoms with Crippen LogP contribution in [0.4, 0.5) is 21.7 Å². The first kappa shape index (κ1) is 19.8. The van der Waals surface area contributed by atoms with E-state index in [0.29, 0.717) is 18.2 Å². The minimum atomic E-state index is -0.783. The Morgan fingerprint density at radius 3 is 2.82 bits per heavy atom. The maximum absolute atomic E-state index is 14.5. The molecule has 0 aromatic carbocycles. The molecule has 2 atom stereocenters. The Kier molecular flexibility index (Phi) is 6.25. The highest BCUT2D eigenvalue weighted by Crippen LogP contribution is 2.27. The lowest BCUT2D eigenvalue weighted by atomic mass is 9.91. The number of ether oxygens (including phenoxy) is 1. The third kappa shape index (κ3) is 4.66. The largest absolute Gasteiger partial charge is 0.478 e. The van der Waals surface area contributed by atoms with Crippen LogP contribution in [-0.2, 0) is 0 Å². The molecule has 6 N–H and O–H groups in total. The molecule has 150 valence electrons. The van der Waals surface area contributed by atoms with Gasteiger partial charge in [-0.1, -0.05) is 12.8 Å². The van der Waals surface area contributed by atoms with Crippen LogP contribution in [0.15, 0.2) is 24.4 Å². The van der Waals surface area contributed by atoms with Gasteiger partial charge in [0.2, 0.25) is 5.88 Å². The molecular formula is C19H25FN6O2. The second-order valence-corrected chi connectivity index (χ2v) is 6.72. The Hall–Kier alpha value is -2.94. The van der Waals surface area contributed by atoms with Gasteiger partial charge in [-0.3, -0.25) is 4.79 Å². The molecule has 1 fully saturated rings. The van der Waals surface area contributed by atoms with E-state index in [2.05, 4.69) is 20.6 Å². The van der Waals surface area contributed by atoms with Gasteiger partial charge in [0, 0.05) is 30.0 Å². The summed E-state index contributed by atoms with van der Waals surface area (Å²) in [7, 11) is 0. The summed E-state index contributed by atoms with van der Waals surface area (Å²) < 4.78 is 19.9. The van der Waals surface area contributed by atoms with Gasteiger partial charge < -0.3 is 26.8 Å². The van der Waals surface area contributed by atoms with Gasteiger partial charge in [-0.2, -0.15) is 0 Å². The summed E-state index contributed by atoms with van der Waals surface area (Å²) in [4.78, 5) is 20.1. The van der Waals surface area contributed by atoms with Gasteiger partial charge in [0.05, 0.1) is 12.2 Å². The fourth-order valence-corrected chi connectivity index (χ4v) is 3.24. The molecule has 0 saturated heterocycles. The first-order valence-corrected chi connectivity index (χ1v) is 9.36. The number of hydrogen-bond acceptors (Lipinski definition) is 7. The van der Waals surface area contributed by atoms with E-state index < -0.39 is 11.7 Å². The predicted octanol–water partition coefficient (Wildman–Crippen LogP) is 2.54. The zero-order valence-corrected chi connectivity index (χ0v) is 15.7. The van der Waals surface area contributed by atoms with Gasteiger partial charge >= 0.3 is 0 Å². The number of hydrogen-bond donors (Lipinski definition) is 4. The molecule has 2 heterocycles. The minimum Gasteiger partial charge on any atom is -0.478 e. The van der Waals surface area contributed by atoms with E-state index in [1.165, 1.54) is 0 Å². The molecule has 1 aliphatic rings. The predicted molar refractivity (Wildman–Crippen MR) is 105 cm³/mol. The van der Waals surface area contributed by atoms with Crippen LogP contribution in [0.2, 0.25) is 0 Å². The van der Waals surface area contributed by atoms with Crippen molar-refractivity contribution < 1.29 is 13.9 Å². The number of nitrogens with one attached hydrogen (secondary N) is 2. The van der Waals surface area contributed by atoms with Crippen molar-refractivity contribution in [3.8, 4) is 5.88 Å². The number of carbonyl (C=O) groups is 1. The Bertz CT molecular complexity index is 847. The number of aromatic nitrogens is 2. The normalized spacial score (nSPS) is 19.1. The number of amides is 1. The van der Waals surface area contributed by atoms with E-state index in [9.17, 15) is 9.18 Å². The van der Waals surface area contributed by atoms with Gasteiger partial charge in [-0.05, 0) is 31.9 Å². The molecule has 0 aliphatic heterocycles. The molecule has 2 aromatic rings. The number of nitrogens with two attached hydrogens (primary N) is 2. The lowest BCUT2D eigenvalue weighted by molar-refractivity contribution is 0.100. The molecule has 3 rings (SSSR count). The van der Waals surface area contributed by atoms with E-state index >= 15 is 0 Å². The molecule has 1 saturated carbocycles. The Labute approximate surface area is 162 Å². The van der Waals surface area contributed by atoms with Crippen LogP contribution >= 0.6 is 0 Å². The number of nitrogens with zero attached hydrogens (tertiary/aromatic N) is 2. The highest BCUT2D eigenvalue weighted by molar-refractivity contribution is 5.98. The van der Waals surface area contributed by atoms with E-state index in [1.807, 2.05) is 6.92 Å². The first-order chi connectivity index (χ1) is 13.5. The summed E-state index contributed by atoms with van der Waals surface area (Å²) in [5.74, 6) is -0.833. The van der Waals surface area contributed by atoms with E-state index in [4.69, 9.17) is 16.2 Å². The van der Waals surface area contributed by atoms with Crippen molar-refractivity contribution in [3.05, 3.63) is 35.8 Å². The molecule has 0 spiro atoms. The van der Waals surface area contributed by atoms with Crippen molar-refractivity contribution in [1.29, 1.82) is 0 Å². The smallest absolute Gasteiger partial charge is 0.252 e. The highest BCUT2D eigenvalue weighted by atomic mass is 19.1. The summed E-state index contributed by atoms with van der Waals surface area (Å²) in [6.45, 7) is 2.32. The van der Waals surface area contributed by atoms with Crippen molar-refractivity contribution in [1.82, 2.24) is 9.97 Å². The van der Waals surface area contributed by atoms with Gasteiger partial charge in [0.1, 0.15) is 5.82 Å². The summed E-state index contributed by atoms with van der Waals surface area (Å²) in [6.07, 6.45) is 5.36. The standard InChI is InChI=1S/C19H25FN6O2/c1-2-28-16-9-11(7-8-23-16)24-18-12(17(22)27)10-13(20)19(26-18)25-15-6-4-3-5-14(15)21/h7-10,14-15H,2-6,21H2,1H3,(H2,22,27)(H2,23,24,25,26)/t14-,15+/m0/s1. The molecule has 1 amide bonds. The molecular weight excluding hydrogens is 363 g/mol. The van der Waals surface area contributed by atoms with Crippen LogP contribution in [0.5, 0.6) is 5.88 Å². The number of primary amides is 1. The monoisotopic (exact) mass is 388 g/mol. The SMILES string of the molecule is CCOc1cc(Nc2nc(N[C@@H]3CCCC[C@@H]3N)c(F)cc2C(N)=O)ccn1. The molecule has 28 heavy (non-hydrogen) atoms. The highest BCUT2D eigenvalue weighted by Gasteiger charge is 2.24. The van der Waals surface area contributed by atoms with Crippen LogP contribution < -0.4 is 26.8 Å². The zero-order chi connectivity index (χ0) is 20.1. The van der Waals surface area contributed by atoms with Gasteiger partial charge in [0.15, 0.2) is 11.6 Å². The van der Waals surface area contributed by atoms with Crippen molar-refractivity contribution in [2.24, 2.45) is 11.5 Å². The second kappa shape index (κ2) is 8.83. The van der Waals surface area contributed by atoms with Crippen LogP contribution in [0.1, 0.15) is 43.0 Å². The summed E-state index contributed by atoms with van der Waals surface area (Å²) in [5.41, 5.74) is 12.1. The molecule has 2 aromatic heterocycles. The maximum Gasteiger partial charge on any atom is 0.252 e. The average Bonchev–Trinajstić information content (AvgIpc) is 2.66. The summed E-state index contributed by atoms with van der Waals surface area (Å²) in [6, 6.07) is 4.27. The minimum absolute atomic E-state index is 0.0361. The van der Waals surface area contributed by atoms with Gasteiger partial charge in [-0.25, -0.2) is 14.4 Å². The summed E-state index contributed by atoms with van der Waals surface area (Å²) >= 11 is 0. The lowest BCUT2D eigenvalue weighted by Gasteiger charge is -2.30. The number of carbonyl (C=O) groups excluding carboxylic acids is 1. The van der Waals surface area contributed by atoms with E-state index in [-0.39, 0.29) is 29.3 Å². The third-order valence-electron chi connectivity index (χ3n) is 4.67. The van der Waals surface area contributed by atoms with E-state index in [1.54, 1.807) is 18.3 Å². The topological polar surface area (TPSA) is 128 Å². The Morgan fingerprint density at radius 1 is 1.32 bits per heavy atom. The zero-order valence-electron chi connectivity index (χ0n) is 15.7. The number of rotatable bonds is 7. The van der Waals surface area contributed by atoms with Gasteiger partial charge in [0.25, 0.3) is 5.91 Å². The van der Waals surface area contributed by atoms with Crippen molar-refractivity contribution >= 4 is 23.2 Å². The fraction of sp³-hybridized carbons (Fsp3) is 0.421. The molecule has 0 unspecified atom stereocenters. The van der Waals surface area contributed by atoms with Crippen LogP contribution in [0.3, 0.4) is 0 Å². The lowest BCUT2D eigenvalue weighted by Crippen LogP contribution is -2.43. The molecule has 8 nitrogen and oxygen atoms in total. The molecule has 0 bridgehead atoms. The van der Waals surface area contributed by atoms with Crippen molar-refractivity contribution in [2.45, 2.75) is 44.7 Å². The third-order valence-corrected chi connectivity index (χ3v) is 4.67. The fourth-order valence-electron chi connectivity index (χ4n) is 3.24. The van der Waals surface area contributed by atoms with Crippen LogP contribution in [-0.4, -0.2) is 34.6 Å². The van der Waals surface area contributed by atoms with Crippen LogP contribution in [0, 0.1) is 5.82 Å². The Morgan fingerprint density at radius 2 is 2.11 bits per heavy atom. The number of halogens is 1. The number of pyridine rings is 2. The average molecular weight is 388 g/mol. The Balaban J connectivity index is 1.90. The van der Waals surface area contributed by atoms with Crippen LogP contribution in [0.25, 0.3) is 0 Å². The maximum atomic E-state index is 14.5.